The molecule has 16 heavy (non-hydrogen) atoms. The summed E-state index contributed by atoms with van der Waals surface area (Å²) in [6.45, 7) is 3.15. The first-order valence-corrected chi connectivity index (χ1v) is 8.52. The largest absolute Gasteiger partial charge is 0.325 e. The van der Waals surface area contributed by atoms with Gasteiger partial charge < -0.3 is 4.57 Å². The molecule has 0 aromatic heterocycles. The molecule has 0 bridgehead atoms. The highest BCUT2D eigenvalue weighted by Crippen LogP contribution is 2.36. The van der Waals surface area contributed by atoms with Crippen LogP contribution in [0.4, 0.5) is 3.89 Å². The smallest absolute Gasteiger partial charge is 0.319 e. The number of rotatable bonds is 3. The molecular formula is C10H12FO3PS. The Morgan fingerprint density at radius 2 is 1.81 bits per heavy atom. The molecule has 0 aliphatic carbocycles. The van der Waals surface area contributed by atoms with Gasteiger partial charge in [0.1, 0.15) is 7.14 Å². The molecule has 1 rings (SSSR count). The zero-order valence-electron chi connectivity index (χ0n) is 8.92. The van der Waals surface area contributed by atoms with Gasteiger partial charge in [-0.2, -0.15) is 8.42 Å². The highest BCUT2D eigenvalue weighted by Gasteiger charge is 2.14. The van der Waals surface area contributed by atoms with E-state index in [2.05, 4.69) is 0 Å². The second kappa shape index (κ2) is 4.52. The fourth-order valence-corrected chi connectivity index (χ4v) is 2.80. The van der Waals surface area contributed by atoms with Crippen LogP contribution in [0.3, 0.4) is 0 Å². The van der Waals surface area contributed by atoms with Crippen molar-refractivity contribution in [3.8, 4) is 0 Å². The Hall–Kier alpha value is -0.930. The van der Waals surface area contributed by atoms with Crippen LogP contribution < -0.4 is 5.30 Å². The van der Waals surface area contributed by atoms with Gasteiger partial charge in [0, 0.05) is 5.30 Å². The van der Waals surface area contributed by atoms with Gasteiger partial charge in [-0.15, -0.1) is 3.89 Å². The van der Waals surface area contributed by atoms with E-state index >= 15 is 0 Å². The number of hydrogen-bond donors (Lipinski definition) is 0. The van der Waals surface area contributed by atoms with Crippen LogP contribution >= 0.6 is 7.14 Å². The van der Waals surface area contributed by atoms with Gasteiger partial charge in [-0.1, -0.05) is 24.3 Å². The van der Waals surface area contributed by atoms with E-state index in [4.69, 9.17) is 0 Å². The van der Waals surface area contributed by atoms with E-state index in [0.717, 1.165) is 6.08 Å². The van der Waals surface area contributed by atoms with Crippen LogP contribution in [0, 0.1) is 0 Å². The molecule has 0 aliphatic rings. The molecule has 1 aromatic rings. The Morgan fingerprint density at radius 3 is 2.31 bits per heavy atom. The lowest BCUT2D eigenvalue weighted by molar-refractivity contribution is 0.563. The predicted molar refractivity (Wildman–Crippen MR) is 64.6 cm³/mol. The van der Waals surface area contributed by atoms with Gasteiger partial charge in [0.15, 0.2) is 0 Å². The van der Waals surface area contributed by atoms with E-state index in [1.165, 1.54) is 0 Å². The second-order valence-electron chi connectivity index (χ2n) is 3.69. The van der Waals surface area contributed by atoms with Crippen molar-refractivity contribution in [1.29, 1.82) is 0 Å². The Labute approximate surface area is 94.6 Å². The monoisotopic (exact) mass is 262 g/mol. The molecule has 0 saturated carbocycles. The quantitative estimate of drug-likeness (QED) is 0.620. The first-order valence-electron chi connectivity index (χ1n) is 4.47. The summed E-state index contributed by atoms with van der Waals surface area (Å²) in [6.07, 6.45) is 1.12. The molecule has 0 fully saturated rings. The summed E-state index contributed by atoms with van der Waals surface area (Å²) in [5.41, 5.74) is 0.456. The fourth-order valence-electron chi connectivity index (χ4n) is 1.27. The first kappa shape index (κ1) is 13.1. The van der Waals surface area contributed by atoms with Crippen molar-refractivity contribution in [2.24, 2.45) is 0 Å². The molecular weight excluding hydrogens is 250 g/mol. The second-order valence-corrected chi connectivity index (χ2v) is 8.09. The molecule has 0 unspecified atom stereocenters. The summed E-state index contributed by atoms with van der Waals surface area (Å²) in [4.78, 5) is 0. The summed E-state index contributed by atoms with van der Waals surface area (Å²) < 4.78 is 44.9. The van der Waals surface area contributed by atoms with Gasteiger partial charge in [-0.3, -0.25) is 0 Å². The van der Waals surface area contributed by atoms with Crippen molar-refractivity contribution in [3.63, 3.8) is 0 Å². The molecule has 3 nitrogen and oxygen atoms in total. The van der Waals surface area contributed by atoms with E-state index in [9.17, 15) is 16.9 Å². The third kappa shape index (κ3) is 3.91. The topological polar surface area (TPSA) is 51.2 Å². The zero-order valence-corrected chi connectivity index (χ0v) is 10.6. The molecule has 0 amide bonds. The van der Waals surface area contributed by atoms with E-state index < -0.39 is 17.4 Å². The third-order valence-corrected chi connectivity index (χ3v) is 3.96. The maximum atomic E-state index is 12.3. The summed E-state index contributed by atoms with van der Waals surface area (Å²) in [6, 6.07) is 6.61. The van der Waals surface area contributed by atoms with E-state index in [1.807, 2.05) is 0 Å². The molecule has 6 heteroatoms. The Bertz CT molecular complexity index is 557. The molecule has 0 N–H and O–H groups in total. The van der Waals surface area contributed by atoms with Crippen molar-refractivity contribution >= 4 is 28.7 Å². The van der Waals surface area contributed by atoms with Crippen molar-refractivity contribution in [1.82, 2.24) is 0 Å². The average Bonchev–Trinajstić information content (AvgIpc) is 2.12. The summed E-state index contributed by atoms with van der Waals surface area (Å²) in [7, 11) is -7.16. The van der Waals surface area contributed by atoms with Gasteiger partial charge in [0.05, 0.1) is 5.41 Å². The van der Waals surface area contributed by atoms with E-state index in [-0.39, 0.29) is 0 Å². The molecule has 0 radical (unpaired) electrons. The highest BCUT2D eigenvalue weighted by atomic mass is 32.3. The summed E-state index contributed by atoms with van der Waals surface area (Å²) in [5, 5.41) is 0.997. The highest BCUT2D eigenvalue weighted by molar-refractivity contribution is 7.89. The molecule has 0 aliphatic heterocycles. The maximum absolute atomic E-state index is 12.3. The molecule has 0 atom stereocenters. The van der Waals surface area contributed by atoms with Crippen molar-refractivity contribution < 1.29 is 16.9 Å². The minimum atomic E-state index is -4.65. The summed E-state index contributed by atoms with van der Waals surface area (Å²) in [5.74, 6) is 0. The van der Waals surface area contributed by atoms with Crippen LogP contribution in [0.25, 0.3) is 6.08 Å². The SMILES string of the molecule is CP(C)(=O)c1ccccc1/C=C/S(=O)(=O)F. The lowest BCUT2D eigenvalue weighted by Gasteiger charge is -2.09. The van der Waals surface area contributed by atoms with E-state index in [0.29, 0.717) is 16.3 Å². The number of benzene rings is 1. The Balaban J connectivity index is 3.26. The normalized spacial score (nSPS) is 13.2. The van der Waals surface area contributed by atoms with Crippen LogP contribution in [-0.4, -0.2) is 21.7 Å². The van der Waals surface area contributed by atoms with Gasteiger partial charge >= 0.3 is 10.2 Å². The fraction of sp³-hybridized carbons (Fsp3) is 0.200. The van der Waals surface area contributed by atoms with Gasteiger partial charge in [-0.25, -0.2) is 0 Å². The lowest BCUT2D eigenvalue weighted by Crippen LogP contribution is -2.06. The van der Waals surface area contributed by atoms with Crippen molar-refractivity contribution in [2.75, 3.05) is 13.3 Å². The van der Waals surface area contributed by atoms with Gasteiger partial charge in [0.25, 0.3) is 0 Å². The van der Waals surface area contributed by atoms with Crippen LogP contribution in [0.2, 0.25) is 0 Å². The van der Waals surface area contributed by atoms with Crippen molar-refractivity contribution in [3.05, 3.63) is 35.2 Å². The molecule has 1 aromatic carbocycles. The van der Waals surface area contributed by atoms with Crippen LogP contribution in [-0.2, 0) is 14.8 Å². The van der Waals surface area contributed by atoms with Crippen LogP contribution in [0.1, 0.15) is 5.56 Å². The molecule has 0 heterocycles. The van der Waals surface area contributed by atoms with Crippen LogP contribution in [0.5, 0.6) is 0 Å². The molecule has 0 saturated heterocycles. The first-order chi connectivity index (χ1) is 7.20. The Kier molecular flexibility index (Phi) is 3.71. The Morgan fingerprint density at radius 1 is 1.25 bits per heavy atom. The van der Waals surface area contributed by atoms with Gasteiger partial charge in [0.2, 0.25) is 0 Å². The number of halogens is 1. The maximum Gasteiger partial charge on any atom is 0.325 e. The molecule has 88 valence electrons. The standard InChI is InChI=1S/C10H12FO3PS/c1-15(2,12)10-6-4-3-5-9(10)7-8-16(11,13)14/h3-8H,1-2H3/b8-7+. The van der Waals surface area contributed by atoms with Gasteiger partial charge in [-0.05, 0) is 25.0 Å². The van der Waals surface area contributed by atoms with Crippen LogP contribution in [0.15, 0.2) is 29.7 Å². The van der Waals surface area contributed by atoms with Crippen molar-refractivity contribution in [2.45, 2.75) is 0 Å². The average molecular weight is 262 g/mol. The minimum Gasteiger partial charge on any atom is -0.319 e. The summed E-state index contributed by atoms with van der Waals surface area (Å²) >= 11 is 0. The lowest BCUT2D eigenvalue weighted by atomic mass is 10.2. The number of hydrogen-bond acceptors (Lipinski definition) is 3. The van der Waals surface area contributed by atoms with E-state index in [1.54, 1.807) is 37.6 Å². The predicted octanol–water partition coefficient (Wildman–Crippen LogP) is 2.20. The zero-order chi connectivity index (χ0) is 12.4. The third-order valence-electron chi connectivity index (χ3n) is 1.93. The molecule has 0 spiro atoms. The minimum absolute atomic E-state index is 0.456.